The number of hydrogen-bond acceptors (Lipinski definition) is 2. The van der Waals surface area contributed by atoms with E-state index in [0.29, 0.717) is 4.57 Å². The van der Waals surface area contributed by atoms with Crippen molar-refractivity contribution in [2.45, 2.75) is 19.6 Å². The summed E-state index contributed by atoms with van der Waals surface area (Å²) in [5.74, 6) is -1.19. The zero-order chi connectivity index (χ0) is 14.2. The van der Waals surface area contributed by atoms with Crippen molar-refractivity contribution in [3.8, 4) is 0 Å². The summed E-state index contributed by atoms with van der Waals surface area (Å²) in [5, 5.41) is 3.36. The van der Waals surface area contributed by atoms with Crippen LogP contribution in [0.2, 0.25) is 0 Å². The molecule has 0 aliphatic carbocycles. The monoisotopic (exact) mass is 271 g/mol. The van der Waals surface area contributed by atoms with Crippen LogP contribution in [0.1, 0.15) is 17.0 Å². The van der Waals surface area contributed by atoms with Crippen molar-refractivity contribution in [2.24, 2.45) is 7.05 Å². The lowest BCUT2D eigenvalue weighted by Crippen LogP contribution is -2.25. The highest BCUT2D eigenvalue weighted by molar-refractivity contribution is 5.25. The molecule has 1 heterocycles. The van der Waals surface area contributed by atoms with Gasteiger partial charge >= 0.3 is 11.9 Å². The van der Waals surface area contributed by atoms with E-state index < -0.39 is 17.7 Å². The van der Waals surface area contributed by atoms with Gasteiger partial charge in [0.15, 0.2) is 0 Å². The fraction of sp³-hybridized carbons (Fsp3) is 0.333. The first-order valence-electron chi connectivity index (χ1n) is 5.56. The highest BCUT2D eigenvalue weighted by Gasteiger charge is 2.37. The van der Waals surface area contributed by atoms with Gasteiger partial charge in [-0.1, -0.05) is 24.3 Å². The van der Waals surface area contributed by atoms with Crippen molar-refractivity contribution in [1.29, 1.82) is 0 Å². The average molecular weight is 271 g/mol. The lowest BCUT2D eigenvalue weighted by molar-refractivity contribution is -0.147. The molecular formula is C12H12F3N3O. The van der Waals surface area contributed by atoms with Crippen LogP contribution in [-0.4, -0.2) is 14.3 Å². The van der Waals surface area contributed by atoms with Crippen molar-refractivity contribution in [3.05, 3.63) is 51.7 Å². The molecule has 0 spiro atoms. The van der Waals surface area contributed by atoms with E-state index in [1.807, 2.05) is 19.1 Å². The van der Waals surface area contributed by atoms with Gasteiger partial charge in [0.25, 0.3) is 0 Å². The maximum absolute atomic E-state index is 12.6. The van der Waals surface area contributed by atoms with Gasteiger partial charge in [-0.15, -0.1) is 5.10 Å². The SMILES string of the molecule is Cc1ccccc1Cn1nc(C(F)(F)F)n(C)c1=O. The van der Waals surface area contributed by atoms with Crippen LogP contribution < -0.4 is 5.69 Å². The molecule has 0 aliphatic heterocycles. The van der Waals surface area contributed by atoms with Gasteiger partial charge in [-0.3, -0.25) is 4.57 Å². The highest BCUT2D eigenvalue weighted by Crippen LogP contribution is 2.26. The van der Waals surface area contributed by atoms with E-state index in [4.69, 9.17) is 0 Å². The Morgan fingerprint density at radius 1 is 1.26 bits per heavy atom. The standard InChI is InChI=1S/C12H12F3N3O/c1-8-5-3-4-6-9(8)7-18-11(19)17(2)10(16-18)12(13,14)15/h3-6H,7H2,1-2H3. The predicted molar refractivity (Wildman–Crippen MR) is 62.8 cm³/mol. The first kappa shape index (κ1) is 13.4. The zero-order valence-corrected chi connectivity index (χ0v) is 10.4. The summed E-state index contributed by atoms with van der Waals surface area (Å²) in [7, 11) is 1.06. The van der Waals surface area contributed by atoms with Gasteiger partial charge in [-0.05, 0) is 18.1 Å². The normalized spacial score (nSPS) is 11.8. The Kier molecular flexibility index (Phi) is 3.21. The molecule has 0 saturated heterocycles. The molecule has 0 fully saturated rings. The Labute approximate surface area is 107 Å². The molecule has 19 heavy (non-hydrogen) atoms. The Bertz CT molecular complexity index is 655. The molecule has 0 unspecified atom stereocenters. The van der Waals surface area contributed by atoms with E-state index in [0.717, 1.165) is 22.9 Å². The molecule has 0 saturated carbocycles. The van der Waals surface area contributed by atoms with Crippen LogP contribution in [0.5, 0.6) is 0 Å². The van der Waals surface area contributed by atoms with E-state index in [2.05, 4.69) is 5.10 Å². The molecule has 1 aromatic carbocycles. The van der Waals surface area contributed by atoms with Crippen LogP contribution in [0.3, 0.4) is 0 Å². The minimum absolute atomic E-state index is 0.0232. The number of halogens is 3. The van der Waals surface area contributed by atoms with Crippen molar-refractivity contribution < 1.29 is 13.2 Å². The quantitative estimate of drug-likeness (QED) is 0.837. The van der Waals surface area contributed by atoms with E-state index in [1.165, 1.54) is 0 Å². The first-order chi connectivity index (χ1) is 8.80. The van der Waals surface area contributed by atoms with Crippen LogP contribution in [0.4, 0.5) is 13.2 Å². The van der Waals surface area contributed by atoms with E-state index in [9.17, 15) is 18.0 Å². The maximum Gasteiger partial charge on any atom is 0.451 e. The Morgan fingerprint density at radius 2 is 1.89 bits per heavy atom. The molecule has 1 aromatic heterocycles. The molecule has 4 nitrogen and oxygen atoms in total. The first-order valence-corrected chi connectivity index (χ1v) is 5.56. The molecule has 0 N–H and O–H groups in total. The number of rotatable bonds is 2. The van der Waals surface area contributed by atoms with E-state index in [1.54, 1.807) is 12.1 Å². The van der Waals surface area contributed by atoms with E-state index in [-0.39, 0.29) is 6.54 Å². The van der Waals surface area contributed by atoms with Crippen LogP contribution in [0.25, 0.3) is 0 Å². The second-order valence-corrected chi connectivity index (χ2v) is 4.25. The van der Waals surface area contributed by atoms with Crippen molar-refractivity contribution in [2.75, 3.05) is 0 Å². The smallest absolute Gasteiger partial charge is 0.274 e. The Morgan fingerprint density at radius 3 is 2.42 bits per heavy atom. The highest BCUT2D eigenvalue weighted by atomic mass is 19.4. The van der Waals surface area contributed by atoms with Crippen molar-refractivity contribution in [1.82, 2.24) is 14.3 Å². The lowest BCUT2D eigenvalue weighted by Gasteiger charge is -2.04. The molecule has 2 rings (SSSR count). The minimum Gasteiger partial charge on any atom is -0.274 e. The number of alkyl halides is 3. The third-order valence-electron chi connectivity index (χ3n) is 2.88. The summed E-state index contributed by atoms with van der Waals surface area (Å²) in [6, 6.07) is 7.17. The molecule has 0 radical (unpaired) electrons. The van der Waals surface area contributed by atoms with E-state index >= 15 is 0 Å². The van der Waals surface area contributed by atoms with Crippen LogP contribution in [0.15, 0.2) is 29.1 Å². The second kappa shape index (κ2) is 4.56. The largest absolute Gasteiger partial charge is 0.451 e. The number of nitrogens with zero attached hydrogens (tertiary/aromatic N) is 3. The summed E-state index contributed by atoms with van der Waals surface area (Å²) in [6.07, 6.45) is -4.63. The van der Waals surface area contributed by atoms with Crippen LogP contribution in [0, 0.1) is 6.92 Å². The van der Waals surface area contributed by atoms with Crippen LogP contribution >= 0.6 is 0 Å². The lowest BCUT2D eigenvalue weighted by atomic mass is 10.1. The van der Waals surface area contributed by atoms with Gasteiger partial charge in [0.1, 0.15) is 0 Å². The average Bonchev–Trinajstić information content (AvgIpc) is 2.60. The topological polar surface area (TPSA) is 39.8 Å². The summed E-state index contributed by atoms with van der Waals surface area (Å²) in [5.41, 5.74) is 0.876. The molecule has 0 atom stereocenters. The van der Waals surface area contributed by atoms with Gasteiger partial charge in [-0.25, -0.2) is 9.48 Å². The maximum atomic E-state index is 12.6. The van der Waals surface area contributed by atoms with Crippen molar-refractivity contribution >= 4 is 0 Å². The van der Waals surface area contributed by atoms with Gasteiger partial charge in [-0.2, -0.15) is 13.2 Å². The zero-order valence-electron chi connectivity index (χ0n) is 10.4. The number of aryl methyl sites for hydroxylation is 1. The van der Waals surface area contributed by atoms with Gasteiger partial charge < -0.3 is 0 Å². The third-order valence-corrected chi connectivity index (χ3v) is 2.88. The minimum atomic E-state index is -4.63. The summed E-state index contributed by atoms with van der Waals surface area (Å²) >= 11 is 0. The molecule has 0 bridgehead atoms. The van der Waals surface area contributed by atoms with Gasteiger partial charge in [0.2, 0.25) is 5.82 Å². The molecule has 0 amide bonds. The predicted octanol–water partition coefficient (Wildman–Crippen LogP) is 1.96. The molecule has 102 valence electrons. The number of hydrogen-bond donors (Lipinski definition) is 0. The number of benzene rings is 1. The molecule has 2 aromatic rings. The van der Waals surface area contributed by atoms with Gasteiger partial charge in [0, 0.05) is 7.05 Å². The van der Waals surface area contributed by atoms with Crippen molar-refractivity contribution in [3.63, 3.8) is 0 Å². The second-order valence-electron chi connectivity index (χ2n) is 4.25. The number of aromatic nitrogens is 3. The Hall–Kier alpha value is -2.05. The van der Waals surface area contributed by atoms with Gasteiger partial charge in [0.05, 0.1) is 6.54 Å². The Balaban J connectivity index is 2.43. The third kappa shape index (κ3) is 2.54. The summed E-state index contributed by atoms with van der Waals surface area (Å²) in [4.78, 5) is 11.7. The fourth-order valence-corrected chi connectivity index (χ4v) is 1.79. The summed E-state index contributed by atoms with van der Waals surface area (Å²) < 4.78 is 39.2. The molecule has 7 heteroatoms. The molecular weight excluding hydrogens is 259 g/mol. The molecule has 0 aliphatic rings. The summed E-state index contributed by atoms with van der Waals surface area (Å²) in [6.45, 7) is 1.85. The fourth-order valence-electron chi connectivity index (χ4n) is 1.79. The van der Waals surface area contributed by atoms with Crippen LogP contribution in [-0.2, 0) is 19.8 Å².